The lowest BCUT2D eigenvalue weighted by Gasteiger charge is -2.18. The van der Waals surface area contributed by atoms with E-state index in [9.17, 15) is 0 Å². The van der Waals surface area contributed by atoms with Crippen LogP contribution in [0.3, 0.4) is 0 Å². The first-order valence-electron chi connectivity index (χ1n) is 6.17. The Bertz CT molecular complexity index is 571. The topological polar surface area (TPSA) is 50.7 Å². The molecule has 2 heterocycles. The minimum Gasteiger partial charge on any atom is -0.313 e. The number of rotatable bonds is 4. The van der Waals surface area contributed by atoms with Crippen LogP contribution >= 0.6 is 15.9 Å². The minimum absolute atomic E-state index is 0.213. The molecule has 1 unspecified atom stereocenters. The van der Waals surface area contributed by atoms with Gasteiger partial charge in [0.2, 0.25) is 0 Å². The van der Waals surface area contributed by atoms with E-state index in [2.05, 4.69) is 48.6 Å². The van der Waals surface area contributed by atoms with Crippen molar-refractivity contribution in [2.24, 2.45) is 0 Å². The molecule has 0 spiro atoms. The first kappa shape index (κ1) is 14.1. The predicted octanol–water partition coefficient (Wildman–Crippen LogP) is 2.75. The molecule has 19 heavy (non-hydrogen) atoms. The maximum absolute atomic E-state index is 4.20. The highest BCUT2D eigenvalue weighted by Gasteiger charge is 2.14. The van der Waals surface area contributed by atoms with E-state index >= 15 is 0 Å². The van der Waals surface area contributed by atoms with Gasteiger partial charge >= 0.3 is 0 Å². The summed E-state index contributed by atoms with van der Waals surface area (Å²) in [6, 6.07) is 4.40. The number of halogens is 1. The van der Waals surface area contributed by atoms with Crippen LogP contribution in [0.15, 0.2) is 29.0 Å². The van der Waals surface area contributed by atoms with E-state index in [1.54, 1.807) is 6.20 Å². The molecule has 0 saturated carbocycles. The Kier molecular flexibility index (Phi) is 4.61. The Balaban J connectivity index is 2.27. The number of hydrogen-bond donors (Lipinski definition) is 1. The molecule has 0 bridgehead atoms. The van der Waals surface area contributed by atoms with Crippen molar-refractivity contribution in [3.05, 3.63) is 51.5 Å². The van der Waals surface area contributed by atoms with Crippen molar-refractivity contribution in [2.75, 3.05) is 7.05 Å². The Morgan fingerprint density at radius 3 is 2.68 bits per heavy atom. The van der Waals surface area contributed by atoms with Crippen LogP contribution < -0.4 is 5.32 Å². The Morgan fingerprint density at radius 2 is 2.00 bits per heavy atom. The van der Waals surface area contributed by atoms with Crippen molar-refractivity contribution in [1.29, 1.82) is 0 Å². The van der Waals surface area contributed by atoms with Crippen molar-refractivity contribution in [2.45, 2.75) is 26.3 Å². The normalized spacial score (nSPS) is 12.4. The SMILES string of the molecule is CNC(Cc1cncc(Br)c1)c1cc(C)nnc1C. The van der Waals surface area contributed by atoms with Gasteiger partial charge in [0, 0.05) is 22.9 Å². The molecule has 100 valence electrons. The summed E-state index contributed by atoms with van der Waals surface area (Å²) < 4.78 is 1.00. The number of nitrogens with one attached hydrogen (secondary N) is 1. The fourth-order valence-corrected chi connectivity index (χ4v) is 2.51. The van der Waals surface area contributed by atoms with Crippen LogP contribution in [0.1, 0.15) is 28.6 Å². The van der Waals surface area contributed by atoms with Crippen LogP contribution in [0, 0.1) is 13.8 Å². The molecule has 2 aromatic rings. The van der Waals surface area contributed by atoms with E-state index in [0.717, 1.165) is 22.3 Å². The maximum atomic E-state index is 4.20. The first-order chi connectivity index (χ1) is 9.10. The standard InChI is InChI=1S/C14H17BrN4/c1-9-4-13(10(2)19-18-9)14(16-3)6-11-5-12(15)8-17-7-11/h4-5,7-8,14,16H,6H2,1-3H3. The number of hydrogen-bond acceptors (Lipinski definition) is 4. The summed E-state index contributed by atoms with van der Waals surface area (Å²) in [4.78, 5) is 4.20. The summed E-state index contributed by atoms with van der Waals surface area (Å²) in [5.41, 5.74) is 4.28. The predicted molar refractivity (Wildman–Crippen MR) is 78.9 cm³/mol. The molecule has 0 amide bonds. The highest BCUT2D eigenvalue weighted by atomic mass is 79.9. The molecule has 0 aliphatic heterocycles. The van der Waals surface area contributed by atoms with Crippen LogP contribution in [0.2, 0.25) is 0 Å². The molecule has 1 atom stereocenters. The molecule has 0 fully saturated rings. The quantitative estimate of drug-likeness (QED) is 0.941. The molecule has 0 aromatic carbocycles. The van der Waals surface area contributed by atoms with E-state index in [1.165, 1.54) is 11.1 Å². The van der Waals surface area contributed by atoms with Gasteiger partial charge in [-0.15, -0.1) is 0 Å². The van der Waals surface area contributed by atoms with Gasteiger partial charge in [0.15, 0.2) is 0 Å². The minimum atomic E-state index is 0.213. The third-order valence-corrected chi connectivity index (χ3v) is 3.50. The van der Waals surface area contributed by atoms with Gasteiger partial charge in [0.1, 0.15) is 0 Å². The Labute approximate surface area is 121 Å². The van der Waals surface area contributed by atoms with Crippen molar-refractivity contribution in [1.82, 2.24) is 20.5 Å². The number of nitrogens with zero attached hydrogens (tertiary/aromatic N) is 3. The highest BCUT2D eigenvalue weighted by molar-refractivity contribution is 9.10. The van der Waals surface area contributed by atoms with E-state index < -0.39 is 0 Å². The smallest absolute Gasteiger partial charge is 0.0648 e. The van der Waals surface area contributed by atoms with E-state index in [1.807, 2.05) is 27.1 Å². The van der Waals surface area contributed by atoms with Crippen LogP contribution in [0.25, 0.3) is 0 Å². The average Bonchev–Trinajstić information content (AvgIpc) is 2.39. The fourth-order valence-electron chi connectivity index (χ4n) is 2.09. The second-order valence-electron chi connectivity index (χ2n) is 4.58. The van der Waals surface area contributed by atoms with Gasteiger partial charge in [-0.25, -0.2) is 0 Å². The molecule has 0 aliphatic carbocycles. The number of likely N-dealkylation sites (N-methyl/N-ethyl adjacent to an activating group) is 1. The second-order valence-corrected chi connectivity index (χ2v) is 5.50. The van der Waals surface area contributed by atoms with Crippen molar-refractivity contribution < 1.29 is 0 Å². The lowest BCUT2D eigenvalue weighted by molar-refractivity contribution is 0.581. The largest absolute Gasteiger partial charge is 0.313 e. The lowest BCUT2D eigenvalue weighted by atomic mass is 9.99. The van der Waals surface area contributed by atoms with Gasteiger partial charge in [0.05, 0.1) is 11.4 Å². The molecule has 0 aliphatic rings. The molecule has 0 saturated heterocycles. The van der Waals surface area contributed by atoms with E-state index in [0.29, 0.717) is 0 Å². The first-order valence-corrected chi connectivity index (χ1v) is 6.97. The zero-order valence-electron chi connectivity index (χ0n) is 11.3. The van der Waals surface area contributed by atoms with E-state index in [4.69, 9.17) is 0 Å². The summed E-state index contributed by atoms with van der Waals surface area (Å²) in [6.07, 6.45) is 4.56. The second kappa shape index (κ2) is 6.21. The zero-order chi connectivity index (χ0) is 13.8. The highest BCUT2D eigenvalue weighted by Crippen LogP contribution is 2.21. The van der Waals surface area contributed by atoms with Gasteiger partial charge in [0.25, 0.3) is 0 Å². The number of aryl methyl sites for hydroxylation is 2. The molecular weight excluding hydrogens is 304 g/mol. The Hall–Kier alpha value is -1.33. The summed E-state index contributed by atoms with van der Waals surface area (Å²) in [5, 5.41) is 11.6. The van der Waals surface area contributed by atoms with Crippen LogP contribution in [0.4, 0.5) is 0 Å². The maximum Gasteiger partial charge on any atom is 0.0648 e. The lowest BCUT2D eigenvalue weighted by Crippen LogP contribution is -2.21. The molecule has 2 aromatic heterocycles. The van der Waals surface area contributed by atoms with E-state index in [-0.39, 0.29) is 6.04 Å². The summed E-state index contributed by atoms with van der Waals surface area (Å²) in [7, 11) is 1.96. The average molecular weight is 321 g/mol. The van der Waals surface area contributed by atoms with Crippen LogP contribution in [-0.4, -0.2) is 22.2 Å². The summed E-state index contributed by atoms with van der Waals surface area (Å²) in [6.45, 7) is 3.95. The molecule has 0 radical (unpaired) electrons. The van der Waals surface area contributed by atoms with Crippen LogP contribution in [0.5, 0.6) is 0 Å². The van der Waals surface area contributed by atoms with Crippen molar-refractivity contribution in [3.63, 3.8) is 0 Å². The summed E-state index contributed by atoms with van der Waals surface area (Å²) >= 11 is 3.45. The Morgan fingerprint density at radius 1 is 1.21 bits per heavy atom. The van der Waals surface area contributed by atoms with Gasteiger partial charge in [-0.05, 0) is 66.5 Å². The fraction of sp³-hybridized carbons (Fsp3) is 0.357. The number of aromatic nitrogens is 3. The molecular formula is C14H17BrN4. The van der Waals surface area contributed by atoms with Crippen molar-refractivity contribution >= 4 is 15.9 Å². The van der Waals surface area contributed by atoms with Gasteiger partial charge in [-0.2, -0.15) is 10.2 Å². The number of pyridine rings is 1. The molecule has 2 rings (SSSR count). The summed E-state index contributed by atoms with van der Waals surface area (Å²) in [5.74, 6) is 0. The monoisotopic (exact) mass is 320 g/mol. The van der Waals surface area contributed by atoms with Gasteiger partial charge < -0.3 is 5.32 Å². The van der Waals surface area contributed by atoms with Crippen molar-refractivity contribution in [3.8, 4) is 0 Å². The molecule has 4 nitrogen and oxygen atoms in total. The van der Waals surface area contributed by atoms with Gasteiger partial charge in [-0.1, -0.05) is 0 Å². The molecule has 1 N–H and O–H groups in total. The molecule has 5 heteroatoms. The van der Waals surface area contributed by atoms with Gasteiger partial charge in [-0.3, -0.25) is 4.98 Å². The van der Waals surface area contributed by atoms with Crippen LogP contribution in [-0.2, 0) is 6.42 Å². The third-order valence-electron chi connectivity index (χ3n) is 3.07. The third kappa shape index (κ3) is 3.58. The zero-order valence-corrected chi connectivity index (χ0v) is 12.9.